The van der Waals surface area contributed by atoms with Crippen molar-refractivity contribution in [2.45, 2.75) is 82.6 Å². The molecule has 3 aromatic rings. The van der Waals surface area contributed by atoms with E-state index in [1.807, 2.05) is 48.5 Å². The Kier molecular flexibility index (Phi) is 9.42. The minimum absolute atomic E-state index is 0.0735. The fraction of sp³-hybridized carbons (Fsp3) is 0.486. The molecule has 4 unspecified atom stereocenters. The van der Waals surface area contributed by atoms with Gasteiger partial charge in [0.25, 0.3) is 0 Å². The average Bonchev–Trinajstić information content (AvgIpc) is 3.05. The highest BCUT2D eigenvalue weighted by atomic mass is 19.1. The van der Waals surface area contributed by atoms with Crippen molar-refractivity contribution >= 4 is 5.78 Å². The monoisotopic (exact) mass is 631 g/mol. The van der Waals surface area contributed by atoms with Crippen LogP contribution in [0.5, 0.6) is 23.0 Å². The maximum atomic E-state index is 15.7. The number of halogens is 1. The molecule has 0 aromatic heterocycles. The Hall–Kier alpha value is -3.66. The first-order chi connectivity index (χ1) is 22.5. The number of hydrogen-bond acceptors (Lipinski definition) is 8. The van der Waals surface area contributed by atoms with Gasteiger partial charge in [-0.3, -0.25) is 9.69 Å². The van der Waals surface area contributed by atoms with Crippen LogP contribution in [0.25, 0.3) is 0 Å². The van der Waals surface area contributed by atoms with Crippen molar-refractivity contribution in [2.75, 3.05) is 32.8 Å². The molecule has 4 heterocycles. The zero-order valence-electron chi connectivity index (χ0n) is 26.3. The largest absolute Gasteiger partial charge is 0.488 e. The van der Waals surface area contributed by atoms with Gasteiger partial charge in [-0.25, -0.2) is 4.39 Å². The molecule has 9 heteroatoms. The zero-order valence-corrected chi connectivity index (χ0v) is 26.3. The molecular formula is C37H42FNO7. The van der Waals surface area contributed by atoms with Crippen molar-refractivity contribution in [2.24, 2.45) is 0 Å². The Morgan fingerprint density at radius 1 is 0.783 bits per heavy atom. The predicted octanol–water partition coefficient (Wildman–Crippen LogP) is 7.21. The molecule has 0 bridgehead atoms. The van der Waals surface area contributed by atoms with Gasteiger partial charge in [-0.05, 0) is 74.0 Å². The zero-order chi connectivity index (χ0) is 31.5. The third-order valence-corrected chi connectivity index (χ3v) is 9.14. The topological polar surface area (TPSA) is 75.7 Å². The molecule has 3 aromatic carbocycles. The normalized spacial score (nSPS) is 25.2. The van der Waals surface area contributed by atoms with Crippen LogP contribution in [0.1, 0.15) is 85.4 Å². The van der Waals surface area contributed by atoms with Crippen molar-refractivity contribution in [3.63, 3.8) is 0 Å². The summed E-state index contributed by atoms with van der Waals surface area (Å²) < 4.78 is 51.8. The Bertz CT molecular complexity index is 1480. The maximum Gasteiger partial charge on any atom is 0.199 e. The number of benzene rings is 3. The third kappa shape index (κ3) is 6.87. The minimum Gasteiger partial charge on any atom is -0.488 e. The van der Waals surface area contributed by atoms with Gasteiger partial charge in [0.05, 0.1) is 24.7 Å². The van der Waals surface area contributed by atoms with E-state index in [4.69, 9.17) is 28.4 Å². The highest BCUT2D eigenvalue weighted by Crippen LogP contribution is 2.46. The highest BCUT2D eigenvalue weighted by molar-refractivity contribution is 6.05. The Balaban J connectivity index is 1.15. The first-order valence-electron chi connectivity index (χ1n) is 16.7. The van der Waals surface area contributed by atoms with Crippen molar-refractivity contribution in [1.82, 2.24) is 4.90 Å². The molecule has 0 N–H and O–H groups in total. The maximum absolute atomic E-state index is 15.7. The second-order valence-corrected chi connectivity index (χ2v) is 12.6. The van der Waals surface area contributed by atoms with Crippen LogP contribution in [0.4, 0.5) is 4.39 Å². The van der Waals surface area contributed by atoms with Gasteiger partial charge in [-0.2, -0.15) is 0 Å². The Labute approximate surface area is 269 Å². The van der Waals surface area contributed by atoms with Crippen LogP contribution in [0.3, 0.4) is 0 Å². The van der Waals surface area contributed by atoms with Crippen LogP contribution in [0.2, 0.25) is 0 Å². The molecule has 0 spiro atoms. The molecule has 244 valence electrons. The molecule has 4 aliphatic heterocycles. The smallest absolute Gasteiger partial charge is 0.199 e. The van der Waals surface area contributed by atoms with Gasteiger partial charge in [0.1, 0.15) is 41.0 Å². The number of hydrogen-bond donors (Lipinski definition) is 0. The van der Waals surface area contributed by atoms with Crippen LogP contribution in [0.15, 0.2) is 60.7 Å². The predicted molar refractivity (Wildman–Crippen MR) is 169 cm³/mol. The number of likely N-dealkylation sites (tertiary alicyclic amines) is 1. The number of Topliss-reactive ketones (excluding diaryl/α,β-unsaturated/α-hetero) is 1. The van der Waals surface area contributed by atoms with Gasteiger partial charge in [0, 0.05) is 38.1 Å². The second-order valence-electron chi connectivity index (χ2n) is 12.6. The van der Waals surface area contributed by atoms with E-state index in [1.54, 1.807) is 6.07 Å². The number of ketones is 1. The number of fused-ring (bicyclic) bond motifs is 1. The average molecular weight is 632 g/mol. The molecule has 4 aliphatic rings. The summed E-state index contributed by atoms with van der Waals surface area (Å²) in [6.07, 6.45) is 5.47. The SMILES string of the molecule is CCCN1CC(Oc2ccc(C3Oc4cc(OC5CCCCO5)cc(F)c4C(=O)C3c3ccc(OC4CCCCO4)cc3)cc2)C1. The summed E-state index contributed by atoms with van der Waals surface area (Å²) in [5.74, 6) is 0.0655. The van der Waals surface area contributed by atoms with Gasteiger partial charge in [0.2, 0.25) is 0 Å². The van der Waals surface area contributed by atoms with Crippen LogP contribution < -0.4 is 18.9 Å². The molecular weight excluding hydrogens is 589 g/mol. The van der Waals surface area contributed by atoms with E-state index in [2.05, 4.69) is 11.8 Å². The second kappa shape index (κ2) is 14.0. The third-order valence-electron chi connectivity index (χ3n) is 9.14. The molecule has 3 saturated heterocycles. The standard InChI is InChI=1S/C37H42FNO7/c1-2-17-39-22-29(23-39)43-26-15-11-25(12-16-26)37-34(24-9-13-27(14-10-24)44-32-7-3-5-18-41-32)36(40)35-30(38)20-28(21-31(35)46-37)45-33-8-4-6-19-42-33/h9-16,20-21,29,32-34,37H,2-8,17-19,22-23H2,1H3. The molecule has 46 heavy (non-hydrogen) atoms. The molecule has 7 rings (SSSR count). The quantitative estimate of drug-likeness (QED) is 0.232. The van der Waals surface area contributed by atoms with Crippen molar-refractivity contribution < 1.29 is 37.6 Å². The minimum atomic E-state index is -0.781. The van der Waals surface area contributed by atoms with Gasteiger partial charge < -0.3 is 28.4 Å². The highest BCUT2D eigenvalue weighted by Gasteiger charge is 2.42. The van der Waals surface area contributed by atoms with Crippen LogP contribution in [-0.4, -0.2) is 62.2 Å². The fourth-order valence-electron chi connectivity index (χ4n) is 6.73. The van der Waals surface area contributed by atoms with Gasteiger partial charge in [-0.1, -0.05) is 31.2 Å². The Morgan fingerprint density at radius 2 is 1.39 bits per heavy atom. The molecule has 0 amide bonds. The van der Waals surface area contributed by atoms with Crippen molar-refractivity contribution in [3.05, 3.63) is 83.2 Å². The summed E-state index contributed by atoms with van der Waals surface area (Å²) in [6, 6.07) is 17.9. The van der Waals surface area contributed by atoms with Crippen molar-refractivity contribution in [1.29, 1.82) is 0 Å². The lowest BCUT2D eigenvalue weighted by Gasteiger charge is -2.38. The number of carbonyl (C=O) groups excluding carboxylic acids is 1. The molecule has 0 saturated carbocycles. The molecule has 3 fully saturated rings. The number of ether oxygens (including phenoxy) is 6. The molecule has 0 radical (unpaired) electrons. The van der Waals surface area contributed by atoms with Gasteiger partial charge in [0.15, 0.2) is 18.4 Å². The van der Waals surface area contributed by atoms with E-state index < -0.39 is 24.1 Å². The number of nitrogens with zero attached hydrogens (tertiary/aromatic N) is 1. The van der Waals surface area contributed by atoms with E-state index >= 15 is 4.39 Å². The van der Waals surface area contributed by atoms with Crippen molar-refractivity contribution in [3.8, 4) is 23.0 Å². The summed E-state index contributed by atoms with van der Waals surface area (Å²) in [5, 5.41) is 0. The van der Waals surface area contributed by atoms with E-state index in [9.17, 15) is 4.79 Å². The van der Waals surface area contributed by atoms with E-state index in [-0.39, 0.29) is 35.2 Å². The van der Waals surface area contributed by atoms with Gasteiger partial charge in [-0.15, -0.1) is 0 Å². The van der Waals surface area contributed by atoms with Crippen LogP contribution in [0, 0.1) is 5.82 Å². The van der Waals surface area contributed by atoms with E-state index in [0.29, 0.717) is 24.5 Å². The summed E-state index contributed by atoms with van der Waals surface area (Å²) in [4.78, 5) is 16.6. The number of rotatable bonds is 10. The first kappa shape index (κ1) is 31.0. The number of carbonyl (C=O) groups is 1. The summed E-state index contributed by atoms with van der Waals surface area (Å²) in [5.41, 5.74) is 1.42. The van der Waals surface area contributed by atoms with Crippen LogP contribution in [-0.2, 0) is 9.47 Å². The lowest BCUT2D eigenvalue weighted by atomic mass is 9.81. The molecule has 8 nitrogen and oxygen atoms in total. The Morgan fingerprint density at radius 3 is 2.00 bits per heavy atom. The summed E-state index contributed by atoms with van der Waals surface area (Å²) >= 11 is 0. The fourth-order valence-corrected chi connectivity index (χ4v) is 6.73. The first-order valence-corrected chi connectivity index (χ1v) is 16.7. The van der Waals surface area contributed by atoms with E-state index in [0.717, 1.165) is 75.9 Å². The molecule has 4 atom stereocenters. The summed E-state index contributed by atoms with van der Waals surface area (Å²) in [7, 11) is 0. The summed E-state index contributed by atoms with van der Waals surface area (Å²) in [6.45, 7) is 6.39. The van der Waals surface area contributed by atoms with Crippen LogP contribution >= 0.6 is 0 Å². The molecule has 0 aliphatic carbocycles. The lowest BCUT2D eigenvalue weighted by Crippen LogP contribution is -2.53. The van der Waals surface area contributed by atoms with Gasteiger partial charge >= 0.3 is 0 Å². The lowest BCUT2D eigenvalue weighted by molar-refractivity contribution is -0.106. The van der Waals surface area contributed by atoms with E-state index in [1.165, 1.54) is 6.07 Å².